The normalized spacial score (nSPS) is 13.5. The molecule has 0 bridgehead atoms. The highest BCUT2D eigenvalue weighted by Crippen LogP contribution is 2.40. The van der Waals surface area contributed by atoms with E-state index in [0.29, 0.717) is 49.0 Å². The van der Waals surface area contributed by atoms with Gasteiger partial charge < -0.3 is 35.8 Å². The second-order valence-corrected chi connectivity index (χ2v) is 24.3. The molecule has 4 N–H and O–H groups in total. The number of nitrogens with one attached hydrogen (secondary N) is 2. The van der Waals surface area contributed by atoms with Gasteiger partial charge in [-0.2, -0.15) is 10.5 Å². The minimum atomic E-state index is -0.406. The molecule has 1 amide bonds. The molecule has 2 aliphatic heterocycles. The number of piperidine rings is 2. The van der Waals surface area contributed by atoms with Crippen LogP contribution in [0.5, 0.6) is 0 Å². The summed E-state index contributed by atoms with van der Waals surface area (Å²) < 4.78 is 36.1. The Morgan fingerprint density at radius 2 is 1.11 bits per heavy atom. The van der Waals surface area contributed by atoms with Crippen LogP contribution in [0, 0.1) is 34.3 Å². The van der Waals surface area contributed by atoms with Crippen molar-refractivity contribution in [3.63, 3.8) is 0 Å². The van der Waals surface area contributed by atoms with E-state index in [0.717, 1.165) is 121 Å². The third-order valence-corrected chi connectivity index (χ3v) is 17.0. The minimum absolute atomic E-state index is 0. The molecule has 0 unspecified atom stereocenters. The van der Waals surface area contributed by atoms with Gasteiger partial charge in [-0.3, -0.25) is 8.80 Å². The topological polar surface area (TPSA) is 246 Å². The Hall–Kier alpha value is -9.04. The predicted molar refractivity (Wildman–Crippen MR) is 348 cm³/mol. The number of nitrogens with zero attached hydrogens (tertiary/aromatic N) is 15. The zero-order chi connectivity index (χ0) is 62.2. The zero-order valence-corrected chi connectivity index (χ0v) is 52.1. The lowest BCUT2D eigenvalue weighted by Gasteiger charge is -2.30. The summed E-state index contributed by atoms with van der Waals surface area (Å²) in [6, 6.07) is 24.9. The fraction of sp³-hybridized carbons (Fsp3) is 0.328. The number of imidazole rings is 2. The highest BCUT2D eigenvalue weighted by molar-refractivity contribution is 7.17. The summed E-state index contributed by atoms with van der Waals surface area (Å²) in [7, 11) is 3.82. The third kappa shape index (κ3) is 15.1. The van der Waals surface area contributed by atoms with Gasteiger partial charge >= 0.3 is 6.09 Å². The Kier molecular flexibility index (Phi) is 20.6. The number of nitriles is 2. The number of ether oxygens (including phenoxy) is 1. The van der Waals surface area contributed by atoms with E-state index >= 15 is 0 Å². The molecule has 0 atom stereocenters. The van der Waals surface area contributed by atoms with Crippen molar-refractivity contribution in [1.29, 1.82) is 10.5 Å². The third-order valence-electron chi connectivity index (χ3n) is 14.7. The van der Waals surface area contributed by atoms with Crippen LogP contribution in [0.1, 0.15) is 88.9 Å². The number of aromatic nitrogens is 10. The Bertz CT molecular complexity index is 4140. The number of anilines is 5. The molecule has 0 spiro atoms. The van der Waals surface area contributed by atoms with Crippen molar-refractivity contribution < 1.29 is 18.3 Å². The number of benzene rings is 2. The first-order valence-corrected chi connectivity index (χ1v) is 30.8. The predicted octanol–water partition coefficient (Wildman–Crippen LogP) is 13.0. The van der Waals surface area contributed by atoms with Gasteiger partial charge in [0.1, 0.15) is 73.4 Å². The summed E-state index contributed by atoms with van der Waals surface area (Å²) in [5.41, 5.74) is 15.1. The fourth-order valence-electron chi connectivity index (χ4n) is 10.2. The number of fused-ring (bicyclic) bond motifs is 2. The number of thiazole rings is 2. The van der Waals surface area contributed by atoms with Crippen LogP contribution in [0.15, 0.2) is 110 Å². The summed E-state index contributed by atoms with van der Waals surface area (Å²) in [6.07, 6.45) is 16.0. The molecule has 2 fully saturated rings. The number of halogens is 3. The molecule has 0 radical (unpaired) electrons. The lowest BCUT2D eigenvalue weighted by molar-refractivity contribution is 0.0495. The SMILES string of the molecule is C.CC(C)(C)OC(=O)NC1CCNCC1.CCc1nc2ccc(-c3cnc(Cl)nc3)cn2c1N(C)c1nc(-c2ccc(F)cc2)c(C#N)s1.CCc1nc2ccc(-c3cnc(N4CCC(N)CC4)nc3)cn2c1N(C)c1nc(-c2ccc(F)cc2)c(C#N)s1. The molecule has 10 aromatic rings. The fourth-order valence-corrected chi connectivity index (χ4v) is 12.0. The molecule has 25 heteroatoms. The van der Waals surface area contributed by atoms with Gasteiger partial charge in [0.05, 0.1) is 11.4 Å². The first-order valence-electron chi connectivity index (χ1n) is 28.7. The standard InChI is InChI=1S/C29H28FN9S.C24H17ClFN7S.C10H20N2O2.CH4/c1-3-23-27(37(2)29-36-26(24(14-31)40-29)18-4-7-21(30)8-5-18)39-17-19(6-9-25(39)35-23)20-15-33-28(34-16-20)38-12-10-22(32)11-13-38;1-3-18-22(33-13-15(6-9-20(33)30-18)16-11-28-23(25)29-12-16)32(2)24-31-21(19(10-27)34-24)14-4-7-17(26)8-5-14;1-10(2,3)14-9(13)12-8-4-6-11-7-5-8;/h4-9,15-17,22H,3,10-13,32H2,1-2H3;4-9,11-13H,3H2,1-2H3;8,11H,4-7H2,1-3H3,(H,12,13);1H4. The average molecular weight is 1260 g/mol. The Balaban J connectivity index is 0.000000174. The summed E-state index contributed by atoms with van der Waals surface area (Å²) in [5.74, 6) is 1.76. The second kappa shape index (κ2) is 28.4. The first-order chi connectivity index (χ1) is 42.4. The van der Waals surface area contributed by atoms with E-state index in [9.17, 15) is 24.1 Å². The number of alkyl carbamates (subject to hydrolysis) is 1. The molecule has 2 aromatic carbocycles. The molecule has 12 rings (SSSR count). The maximum absolute atomic E-state index is 13.5. The maximum atomic E-state index is 13.5. The Morgan fingerprint density at radius 3 is 1.53 bits per heavy atom. The van der Waals surface area contributed by atoms with Gasteiger partial charge in [0.2, 0.25) is 11.2 Å². The molecule has 89 heavy (non-hydrogen) atoms. The van der Waals surface area contributed by atoms with Gasteiger partial charge in [0.25, 0.3) is 0 Å². The van der Waals surface area contributed by atoms with Crippen molar-refractivity contribution >= 4 is 79.5 Å². The van der Waals surface area contributed by atoms with Gasteiger partial charge in [-0.25, -0.2) is 53.4 Å². The van der Waals surface area contributed by atoms with Crippen LogP contribution >= 0.6 is 34.3 Å². The summed E-state index contributed by atoms with van der Waals surface area (Å²) >= 11 is 8.41. The summed E-state index contributed by atoms with van der Waals surface area (Å²) in [4.78, 5) is 55.0. The number of amides is 1. The van der Waals surface area contributed by atoms with E-state index in [1.807, 2.05) is 109 Å². The van der Waals surface area contributed by atoms with Crippen molar-refractivity contribution in [2.45, 2.75) is 98.3 Å². The van der Waals surface area contributed by atoms with Gasteiger partial charge in [-0.1, -0.05) is 43.9 Å². The smallest absolute Gasteiger partial charge is 0.407 e. The van der Waals surface area contributed by atoms with Gasteiger partial charge in [-0.15, -0.1) is 0 Å². The number of carbonyl (C=O) groups is 1. The second-order valence-electron chi connectivity index (χ2n) is 22.0. The van der Waals surface area contributed by atoms with E-state index in [4.69, 9.17) is 42.0 Å². The van der Waals surface area contributed by atoms with Crippen LogP contribution in [0.3, 0.4) is 0 Å². The molecule has 460 valence electrons. The van der Waals surface area contributed by atoms with Gasteiger partial charge in [0.15, 0.2) is 10.3 Å². The Labute approximate surface area is 528 Å². The number of hydrogen-bond acceptors (Lipinski definition) is 19. The van der Waals surface area contributed by atoms with Crippen LogP contribution in [-0.2, 0) is 17.6 Å². The van der Waals surface area contributed by atoms with Crippen LogP contribution in [0.25, 0.3) is 56.1 Å². The number of carbonyl (C=O) groups excluding carboxylic acids is 1. The Morgan fingerprint density at radius 1 is 0.685 bits per heavy atom. The monoisotopic (exact) mass is 1260 g/mol. The lowest BCUT2D eigenvalue weighted by atomic mass is 10.1. The van der Waals surface area contributed by atoms with Crippen molar-refractivity contribution in [2.24, 2.45) is 5.73 Å². The number of pyridine rings is 2. The summed E-state index contributed by atoms with van der Waals surface area (Å²) in [5, 5.41) is 27.1. The van der Waals surface area contributed by atoms with Crippen LogP contribution in [-0.4, -0.2) is 113 Å². The highest BCUT2D eigenvalue weighted by atomic mass is 35.5. The van der Waals surface area contributed by atoms with E-state index < -0.39 is 5.60 Å². The van der Waals surface area contributed by atoms with Crippen LogP contribution in [0.2, 0.25) is 5.28 Å². The van der Waals surface area contributed by atoms with Crippen LogP contribution < -0.4 is 31.1 Å². The lowest BCUT2D eigenvalue weighted by Crippen LogP contribution is -2.44. The number of aryl methyl sites for hydroxylation is 2. The molecule has 0 saturated carbocycles. The van der Waals surface area contributed by atoms with Crippen molar-refractivity contribution in [1.82, 2.24) is 59.3 Å². The first kappa shape index (κ1) is 64.4. The van der Waals surface area contributed by atoms with E-state index in [1.54, 1.807) is 36.7 Å². The highest BCUT2D eigenvalue weighted by Gasteiger charge is 2.26. The number of nitrogens with two attached hydrogens (primary N) is 1. The quantitative estimate of drug-likeness (QED) is 0.0962. The molecule has 2 saturated heterocycles. The molecule has 10 heterocycles. The number of hydrogen-bond donors (Lipinski definition) is 3. The molecule has 20 nitrogen and oxygen atoms in total. The minimum Gasteiger partial charge on any atom is -0.444 e. The molecule has 0 aliphatic carbocycles. The zero-order valence-electron chi connectivity index (χ0n) is 49.7. The molecule has 2 aliphatic rings. The van der Waals surface area contributed by atoms with E-state index in [2.05, 4.69) is 54.5 Å². The average Bonchev–Trinajstić information content (AvgIpc) is 1.91. The molecule has 8 aromatic heterocycles. The number of rotatable bonds is 12. The summed E-state index contributed by atoms with van der Waals surface area (Å²) in [6.45, 7) is 13.4. The van der Waals surface area contributed by atoms with Gasteiger partial charge in [0, 0.05) is 110 Å². The van der Waals surface area contributed by atoms with E-state index in [1.165, 1.54) is 46.9 Å². The van der Waals surface area contributed by atoms with E-state index in [-0.39, 0.29) is 42.5 Å². The van der Waals surface area contributed by atoms with Crippen molar-refractivity contribution in [2.75, 3.05) is 55.0 Å². The molecular formula is C64H69ClF2N18O2S2. The molecular weight excluding hydrogens is 1190 g/mol. The largest absolute Gasteiger partial charge is 0.444 e. The maximum Gasteiger partial charge on any atom is 0.407 e. The van der Waals surface area contributed by atoms with Crippen molar-refractivity contribution in [3.8, 4) is 56.9 Å². The van der Waals surface area contributed by atoms with Crippen molar-refractivity contribution in [3.05, 3.63) is 148 Å². The van der Waals surface area contributed by atoms with Gasteiger partial charge in [-0.05, 0) is 157 Å². The van der Waals surface area contributed by atoms with Crippen LogP contribution in [0.4, 0.5) is 41.4 Å².